The maximum absolute atomic E-state index is 5.85. The van der Waals surface area contributed by atoms with Crippen molar-refractivity contribution in [1.82, 2.24) is 19.7 Å². The minimum atomic E-state index is 0.316. The molecule has 1 atom stereocenters. The molecule has 4 nitrogen and oxygen atoms in total. The number of nitrogens with zero attached hydrogens (tertiary/aromatic N) is 4. The lowest BCUT2D eigenvalue weighted by Gasteiger charge is -2.23. The zero-order valence-corrected chi connectivity index (χ0v) is 13.3. The molecule has 0 bridgehead atoms. The molecular weight excluding hydrogens is 280 g/mol. The van der Waals surface area contributed by atoms with Gasteiger partial charge < -0.3 is 0 Å². The second-order valence-corrected chi connectivity index (χ2v) is 6.60. The molecule has 0 spiro atoms. The number of hydrogen-bond donors (Lipinski definition) is 0. The van der Waals surface area contributed by atoms with Crippen LogP contribution in [0.5, 0.6) is 0 Å². The van der Waals surface area contributed by atoms with Gasteiger partial charge in [-0.15, -0.1) is 11.3 Å². The Bertz CT molecular complexity index is 549. The van der Waals surface area contributed by atoms with Crippen LogP contribution in [0.1, 0.15) is 28.5 Å². The van der Waals surface area contributed by atoms with Gasteiger partial charge in [-0.05, 0) is 27.8 Å². The lowest BCUT2D eigenvalue weighted by Crippen LogP contribution is -2.27. The fraction of sp³-hybridized carbons (Fsp3) is 0.538. The minimum absolute atomic E-state index is 0.316. The van der Waals surface area contributed by atoms with Crippen molar-refractivity contribution in [2.75, 3.05) is 13.6 Å². The van der Waals surface area contributed by atoms with Crippen molar-refractivity contribution in [2.24, 2.45) is 0 Å². The fourth-order valence-corrected chi connectivity index (χ4v) is 3.12. The number of thiazole rings is 1. The number of aryl methyl sites for hydroxylation is 2. The Balaban J connectivity index is 1.95. The number of halogens is 1. The maximum Gasteiger partial charge on any atom is 0.0900 e. The van der Waals surface area contributed by atoms with E-state index in [0.29, 0.717) is 11.1 Å². The van der Waals surface area contributed by atoms with E-state index in [9.17, 15) is 0 Å². The third-order valence-corrected chi connectivity index (χ3v) is 4.38. The summed E-state index contributed by atoms with van der Waals surface area (Å²) in [6.07, 6.45) is 3.51. The topological polar surface area (TPSA) is 34.0 Å². The van der Waals surface area contributed by atoms with Crippen LogP contribution in [0.25, 0.3) is 0 Å². The van der Waals surface area contributed by atoms with Gasteiger partial charge in [0.05, 0.1) is 34.5 Å². The van der Waals surface area contributed by atoms with Gasteiger partial charge in [-0.3, -0.25) is 9.58 Å². The monoisotopic (exact) mass is 298 g/mol. The quantitative estimate of drug-likeness (QED) is 0.849. The summed E-state index contributed by atoms with van der Waals surface area (Å²) in [6, 6.07) is 0.316. The van der Waals surface area contributed by atoms with Gasteiger partial charge in [0.15, 0.2) is 0 Å². The highest BCUT2D eigenvalue weighted by Crippen LogP contribution is 2.25. The molecule has 0 fully saturated rings. The first-order valence-corrected chi connectivity index (χ1v) is 7.49. The molecule has 6 heteroatoms. The van der Waals surface area contributed by atoms with E-state index in [1.54, 1.807) is 17.5 Å². The molecule has 0 aliphatic rings. The van der Waals surface area contributed by atoms with Crippen molar-refractivity contribution in [3.8, 4) is 0 Å². The van der Waals surface area contributed by atoms with Crippen LogP contribution in [0.4, 0.5) is 0 Å². The van der Waals surface area contributed by atoms with Crippen molar-refractivity contribution < 1.29 is 0 Å². The summed E-state index contributed by atoms with van der Waals surface area (Å²) in [4.78, 5) is 8.22. The van der Waals surface area contributed by atoms with Crippen molar-refractivity contribution >= 4 is 22.9 Å². The van der Waals surface area contributed by atoms with Crippen LogP contribution in [0.3, 0.4) is 0 Å². The standard InChI is InChI=1S/C13H19ClN4S/c1-9(13-10(2)19-11(3)16-13)17(4)5-6-18-8-12(14)7-15-18/h7-9H,5-6H2,1-4H3/t9-/m1/s1. The fourth-order valence-electron chi connectivity index (χ4n) is 2.06. The number of aromatic nitrogens is 3. The number of hydrogen-bond acceptors (Lipinski definition) is 4. The zero-order chi connectivity index (χ0) is 14.0. The van der Waals surface area contributed by atoms with Gasteiger partial charge in [0.2, 0.25) is 0 Å². The van der Waals surface area contributed by atoms with Crippen LogP contribution in [0.2, 0.25) is 5.02 Å². The predicted molar refractivity (Wildman–Crippen MR) is 79.9 cm³/mol. The van der Waals surface area contributed by atoms with Gasteiger partial charge in [-0.2, -0.15) is 5.10 Å². The summed E-state index contributed by atoms with van der Waals surface area (Å²) < 4.78 is 1.87. The highest BCUT2D eigenvalue weighted by atomic mass is 35.5. The molecule has 2 rings (SSSR count). The normalized spacial score (nSPS) is 13.2. The van der Waals surface area contributed by atoms with Crippen molar-refractivity contribution in [2.45, 2.75) is 33.4 Å². The summed E-state index contributed by atoms with van der Waals surface area (Å²) >= 11 is 7.61. The van der Waals surface area contributed by atoms with Crippen LogP contribution in [0.15, 0.2) is 12.4 Å². The van der Waals surface area contributed by atoms with Gasteiger partial charge >= 0.3 is 0 Å². The van der Waals surface area contributed by atoms with E-state index in [4.69, 9.17) is 11.6 Å². The van der Waals surface area contributed by atoms with Gasteiger partial charge in [-0.1, -0.05) is 11.6 Å². The van der Waals surface area contributed by atoms with Gasteiger partial charge in [0.25, 0.3) is 0 Å². The molecule has 19 heavy (non-hydrogen) atoms. The molecule has 2 aromatic rings. The average Bonchev–Trinajstić information content (AvgIpc) is 2.91. The second kappa shape index (κ2) is 6.03. The highest BCUT2D eigenvalue weighted by molar-refractivity contribution is 7.11. The Kier molecular flexibility index (Phi) is 4.60. The molecular formula is C13H19ClN4S. The van der Waals surface area contributed by atoms with Gasteiger partial charge in [-0.25, -0.2) is 4.98 Å². The molecule has 0 amide bonds. The Labute approximate surface area is 123 Å². The second-order valence-electron chi connectivity index (χ2n) is 4.75. The molecule has 104 valence electrons. The van der Waals surface area contributed by atoms with E-state index in [0.717, 1.165) is 18.1 Å². The Morgan fingerprint density at radius 1 is 1.47 bits per heavy atom. The number of likely N-dealkylation sites (N-methyl/N-ethyl adjacent to an activating group) is 1. The van der Waals surface area contributed by atoms with Crippen LogP contribution in [0, 0.1) is 13.8 Å². The molecule has 0 aliphatic heterocycles. The molecule has 0 radical (unpaired) electrons. The summed E-state index contributed by atoms with van der Waals surface area (Å²) in [6.45, 7) is 8.12. The molecule has 2 heterocycles. The summed E-state index contributed by atoms with van der Waals surface area (Å²) in [5.41, 5.74) is 1.18. The molecule has 0 saturated heterocycles. The van der Waals surface area contributed by atoms with Crippen LogP contribution in [-0.4, -0.2) is 33.3 Å². The molecule has 0 N–H and O–H groups in total. The smallest absolute Gasteiger partial charge is 0.0900 e. The lowest BCUT2D eigenvalue weighted by atomic mass is 10.2. The lowest BCUT2D eigenvalue weighted by molar-refractivity contribution is 0.243. The maximum atomic E-state index is 5.85. The molecule has 0 aliphatic carbocycles. The zero-order valence-electron chi connectivity index (χ0n) is 11.7. The third-order valence-electron chi connectivity index (χ3n) is 3.28. The summed E-state index contributed by atoms with van der Waals surface area (Å²) in [7, 11) is 2.11. The average molecular weight is 299 g/mol. The largest absolute Gasteiger partial charge is 0.296 e. The van der Waals surface area contributed by atoms with Gasteiger partial charge in [0.1, 0.15) is 0 Å². The first-order chi connectivity index (χ1) is 8.97. The van der Waals surface area contributed by atoms with Crippen LogP contribution in [-0.2, 0) is 6.54 Å². The van der Waals surface area contributed by atoms with E-state index >= 15 is 0 Å². The first-order valence-electron chi connectivity index (χ1n) is 6.29. The molecule has 2 aromatic heterocycles. The van der Waals surface area contributed by atoms with Crippen LogP contribution >= 0.6 is 22.9 Å². The van der Waals surface area contributed by atoms with Crippen molar-refractivity contribution in [3.05, 3.63) is 33.0 Å². The Morgan fingerprint density at radius 3 is 2.74 bits per heavy atom. The summed E-state index contributed by atoms with van der Waals surface area (Å²) in [5.74, 6) is 0. The Morgan fingerprint density at radius 2 is 2.21 bits per heavy atom. The van der Waals surface area contributed by atoms with E-state index in [-0.39, 0.29) is 0 Å². The summed E-state index contributed by atoms with van der Waals surface area (Å²) in [5, 5.41) is 6.00. The first kappa shape index (κ1) is 14.5. The van der Waals surface area contributed by atoms with Crippen molar-refractivity contribution in [1.29, 1.82) is 0 Å². The van der Waals surface area contributed by atoms with E-state index < -0.39 is 0 Å². The number of rotatable bonds is 5. The molecule has 0 saturated carbocycles. The van der Waals surface area contributed by atoms with E-state index in [1.165, 1.54) is 10.6 Å². The van der Waals surface area contributed by atoms with E-state index in [1.807, 2.05) is 10.9 Å². The van der Waals surface area contributed by atoms with E-state index in [2.05, 4.69) is 42.8 Å². The predicted octanol–water partition coefficient (Wildman–Crippen LogP) is 3.30. The highest BCUT2D eigenvalue weighted by Gasteiger charge is 2.17. The third kappa shape index (κ3) is 3.55. The Hall–Kier alpha value is -0.910. The van der Waals surface area contributed by atoms with Gasteiger partial charge in [0, 0.05) is 17.6 Å². The molecule has 0 unspecified atom stereocenters. The minimum Gasteiger partial charge on any atom is -0.296 e. The molecule has 0 aromatic carbocycles. The van der Waals surface area contributed by atoms with Crippen LogP contribution < -0.4 is 0 Å². The SMILES string of the molecule is Cc1nc([C@@H](C)N(C)CCn2cc(Cl)cn2)c(C)s1. The van der Waals surface area contributed by atoms with Crippen molar-refractivity contribution in [3.63, 3.8) is 0 Å².